The number of aromatic nitrogens is 3. The zero-order valence-electron chi connectivity index (χ0n) is 13.1. The van der Waals surface area contributed by atoms with Crippen molar-refractivity contribution in [2.24, 2.45) is 0 Å². The molecule has 2 N–H and O–H groups in total. The van der Waals surface area contributed by atoms with Gasteiger partial charge in [0.2, 0.25) is 0 Å². The van der Waals surface area contributed by atoms with E-state index in [1.165, 1.54) is 0 Å². The minimum atomic E-state index is -0.264. The fourth-order valence-corrected chi connectivity index (χ4v) is 3.41. The molecule has 0 bridgehead atoms. The van der Waals surface area contributed by atoms with Gasteiger partial charge in [-0.2, -0.15) is 5.10 Å². The molecule has 6 heteroatoms. The van der Waals surface area contributed by atoms with Crippen molar-refractivity contribution in [1.82, 2.24) is 15.2 Å². The molecule has 0 saturated heterocycles. The van der Waals surface area contributed by atoms with Crippen LogP contribution in [0.4, 0.5) is 5.69 Å². The van der Waals surface area contributed by atoms with E-state index in [2.05, 4.69) is 20.5 Å². The standard InChI is InChI=1S/C19H14N4OS/c24-19(18-14-12-20-11-10-15(14)22-23-18)21-16-8-4-5-9-17(16)25-13-6-2-1-3-7-13/h1-12H,(H,21,24)(H,22,23). The second-order valence-corrected chi connectivity index (χ2v) is 6.47. The van der Waals surface area contributed by atoms with Gasteiger partial charge in [0.1, 0.15) is 0 Å². The monoisotopic (exact) mass is 346 g/mol. The number of nitrogens with zero attached hydrogens (tertiary/aromatic N) is 2. The largest absolute Gasteiger partial charge is 0.320 e. The average molecular weight is 346 g/mol. The Morgan fingerprint density at radius 1 is 1.00 bits per heavy atom. The summed E-state index contributed by atoms with van der Waals surface area (Å²) in [6, 6.07) is 19.6. The average Bonchev–Trinajstić information content (AvgIpc) is 3.08. The molecule has 0 aliphatic carbocycles. The van der Waals surface area contributed by atoms with E-state index in [-0.39, 0.29) is 5.91 Å². The van der Waals surface area contributed by atoms with E-state index in [1.54, 1.807) is 30.2 Å². The van der Waals surface area contributed by atoms with Crippen molar-refractivity contribution < 1.29 is 4.79 Å². The number of carbonyl (C=O) groups excluding carboxylic acids is 1. The first-order valence-electron chi connectivity index (χ1n) is 7.72. The highest BCUT2D eigenvalue weighted by molar-refractivity contribution is 7.99. The normalized spacial score (nSPS) is 10.7. The third-order valence-electron chi connectivity index (χ3n) is 3.69. The summed E-state index contributed by atoms with van der Waals surface area (Å²) in [6.45, 7) is 0. The SMILES string of the molecule is O=C(Nc1ccccc1Sc1ccccc1)c1n[nH]c2ccncc12. The van der Waals surface area contributed by atoms with E-state index >= 15 is 0 Å². The van der Waals surface area contributed by atoms with Crippen molar-refractivity contribution in [3.63, 3.8) is 0 Å². The first-order valence-corrected chi connectivity index (χ1v) is 8.54. The fourth-order valence-electron chi connectivity index (χ4n) is 2.49. The highest BCUT2D eigenvalue weighted by atomic mass is 32.2. The number of fused-ring (bicyclic) bond motifs is 1. The van der Waals surface area contributed by atoms with E-state index in [0.29, 0.717) is 11.1 Å². The molecule has 0 fully saturated rings. The summed E-state index contributed by atoms with van der Waals surface area (Å²) < 4.78 is 0. The summed E-state index contributed by atoms with van der Waals surface area (Å²) in [6.07, 6.45) is 3.30. The van der Waals surface area contributed by atoms with E-state index in [0.717, 1.165) is 21.0 Å². The summed E-state index contributed by atoms with van der Waals surface area (Å²) in [7, 11) is 0. The van der Waals surface area contributed by atoms with Crippen molar-refractivity contribution in [3.8, 4) is 0 Å². The molecule has 25 heavy (non-hydrogen) atoms. The lowest BCUT2D eigenvalue weighted by Crippen LogP contribution is -2.13. The molecule has 122 valence electrons. The van der Waals surface area contributed by atoms with Crippen molar-refractivity contribution in [2.45, 2.75) is 9.79 Å². The Morgan fingerprint density at radius 2 is 1.80 bits per heavy atom. The lowest BCUT2D eigenvalue weighted by atomic mass is 10.2. The summed E-state index contributed by atoms with van der Waals surface area (Å²) in [5, 5.41) is 10.6. The number of anilines is 1. The van der Waals surface area contributed by atoms with Gasteiger partial charge in [-0.1, -0.05) is 42.1 Å². The van der Waals surface area contributed by atoms with Crippen LogP contribution in [-0.4, -0.2) is 21.1 Å². The van der Waals surface area contributed by atoms with Gasteiger partial charge in [-0.25, -0.2) is 0 Å². The van der Waals surface area contributed by atoms with Gasteiger partial charge in [-0.3, -0.25) is 14.9 Å². The highest BCUT2D eigenvalue weighted by Crippen LogP contribution is 2.33. The number of para-hydroxylation sites is 1. The first kappa shape index (κ1) is 15.4. The second kappa shape index (κ2) is 6.78. The molecule has 0 saturated carbocycles. The molecule has 1 amide bonds. The molecule has 2 heterocycles. The summed E-state index contributed by atoms with van der Waals surface area (Å²) in [4.78, 5) is 18.8. The van der Waals surface area contributed by atoms with Crippen molar-refractivity contribution in [2.75, 3.05) is 5.32 Å². The van der Waals surface area contributed by atoms with E-state index in [1.807, 2.05) is 54.6 Å². The van der Waals surface area contributed by atoms with E-state index in [4.69, 9.17) is 0 Å². The van der Waals surface area contributed by atoms with Gasteiger partial charge in [0, 0.05) is 22.2 Å². The third kappa shape index (κ3) is 3.25. The predicted molar refractivity (Wildman–Crippen MR) is 98.8 cm³/mol. The van der Waals surface area contributed by atoms with Crippen molar-refractivity contribution in [3.05, 3.63) is 78.8 Å². The molecule has 2 aromatic heterocycles. The van der Waals surface area contributed by atoms with Gasteiger partial charge in [0.25, 0.3) is 5.91 Å². The number of H-pyrrole nitrogens is 1. The fraction of sp³-hybridized carbons (Fsp3) is 0. The van der Waals surface area contributed by atoms with Crippen LogP contribution >= 0.6 is 11.8 Å². The Bertz CT molecular complexity index is 1030. The number of carbonyl (C=O) groups is 1. The third-order valence-corrected chi connectivity index (χ3v) is 4.77. The number of aromatic amines is 1. The summed E-state index contributed by atoms with van der Waals surface area (Å²) in [5.74, 6) is -0.264. The molecule has 4 rings (SSSR count). The Morgan fingerprint density at radius 3 is 2.68 bits per heavy atom. The van der Waals surface area contributed by atoms with Gasteiger partial charge >= 0.3 is 0 Å². The first-order chi connectivity index (χ1) is 12.3. The number of nitrogens with one attached hydrogen (secondary N) is 2. The molecule has 0 radical (unpaired) electrons. The van der Waals surface area contributed by atoms with Gasteiger partial charge < -0.3 is 5.32 Å². The smallest absolute Gasteiger partial charge is 0.276 e. The van der Waals surface area contributed by atoms with Gasteiger partial charge in [0.15, 0.2) is 5.69 Å². The van der Waals surface area contributed by atoms with Crippen LogP contribution in [0.5, 0.6) is 0 Å². The van der Waals surface area contributed by atoms with Gasteiger partial charge in [0.05, 0.1) is 16.6 Å². The maximum Gasteiger partial charge on any atom is 0.276 e. The van der Waals surface area contributed by atoms with Crippen LogP contribution in [0.1, 0.15) is 10.5 Å². The lowest BCUT2D eigenvalue weighted by Gasteiger charge is -2.10. The van der Waals surface area contributed by atoms with Crippen molar-refractivity contribution in [1.29, 1.82) is 0 Å². The maximum atomic E-state index is 12.7. The van der Waals surface area contributed by atoms with Crippen molar-refractivity contribution >= 4 is 34.3 Å². The van der Waals surface area contributed by atoms with Crippen LogP contribution in [0, 0.1) is 0 Å². The number of hydrogen-bond donors (Lipinski definition) is 2. The molecule has 0 aliphatic rings. The number of amides is 1. The Balaban J connectivity index is 1.61. The lowest BCUT2D eigenvalue weighted by molar-refractivity contribution is 0.102. The molecular formula is C19H14N4OS. The minimum Gasteiger partial charge on any atom is -0.320 e. The van der Waals surface area contributed by atoms with Crippen LogP contribution in [-0.2, 0) is 0 Å². The van der Waals surface area contributed by atoms with Crippen LogP contribution < -0.4 is 5.32 Å². The number of hydrogen-bond acceptors (Lipinski definition) is 4. The predicted octanol–water partition coefficient (Wildman–Crippen LogP) is 4.36. The zero-order chi connectivity index (χ0) is 17.1. The van der Waals surface area contributed by atoms with E-state index < -0.39 is 0 Å². The highest BCUT2D eigenvalue weighted by Gasteiger charge is 2.16. The summed E-state index contributed by atoms with van der Waals surface area (Å²) in [5.41, 5.74) is 1.87. The Labute approximate surface area is 148 Å². The minimum absolute atomic E-state index is 0.264. The molecular weight excluding hydrogens is 332 g/mol. The molecule has 2 aromatic carbocycles. The van der Waals surface area contributed by atoms with Gasteiger partial charge in [-0.15, -0.1) is 0 Å². The Kier molecular flexibility index (Phi) is 4.18. The number of pyridine rings is 1. The Hall–Kier alpha value is -3.12. The van der Waals surface area contributed by atoms with Gasteiger partial charge in [-0.05, 0) is 30.3 Å². The maximum absolute atomic E-state index is 12.7. The van der Waals surface area contributed by atoms with Crippen LogP contribution in [0.3, 0.4) is 0 Å². The second-order valence-electron chi connectivity index (χ2n) is 5.36. The number of benzene rings is 2. The van der Waals surface area contributed by atoms with Crippen LogP contribution in [0.2, 0.25) is 0 Å². The number of rotatable bonds is 4. The molecule has 0 unspecified atom stereocenters. The zero-order valence-corrected chi connectivity index (χ0v) is 14.0. The molecule has 0 spiro atoms. The molecule has 0 aliphatic heterocycles. The van der Waals surface area contributed by atoms with Crippen LogP contribution in [0.15, 0.2) is 82.8 Å². The van der Waals surface area contributed by atoms with Crippen LogP contribution in [0.25, 0.3) is 10.9 Å². The molecule has 5 nitrogen and oxygen atoms in total. The quantitative estimate of drug-likeness (QED) is 0.576. The molecule has 0 atom stereocenters. The molecule has 4 aromatic rings. The summed E-state index contributed by atoms with van der Waals surface area (Å²) >= 11 is 1.60. The topological polar surface area (TPSA) is 70.7 Å². The van der Waals surface area contributed by atoms with E-state index in [9.17, 15) is 4.79 Å².